The molecule has 0 saturated heterocycles. The van der Waals surface area contributed by atoms with Gasteiger partial charge in [-0.25, -0.2) is 13.2 Å². The number of sulfone groups is 1. The van der Waals surface area contributed by atoms with Crippen molar-refractivity contribution in [2.45, 2.75) is 31.1 Å². The Hall–Kier alpha value is -2.54. The number of benzene rings is 1. The Bertz CT molecular complexity index is 866. The van der Waals surface area contributed by atoms with Gasteiger partial charge in [-0.1, -0.05) is 17.7 Å². The zero-order chi connectivity index (χ0) is 27.0. The molecule has 0 aromatic heterocycles. The molecule has 0 N–H and O–H groups in total. The molecule has 0 radical (unpaired) electrons. The monoisotopic (exact) mass is 532 g/mol. The molecule has 1 aromatic carbocycles. The summed E-state index contributed by atoms with van der Waals surface area (Å²) in [6, 6.07) is 6.46. The Balaban J connectivity index is 3.12. The number of esters is 3. The van der Waals surface area contributed by atoms with Crippen molar-refractivity contribution in [1.82, 2.24) is 0 Å². The van der Waals surface area contributed by atoms with Crippen molar-refractivity contribution in [3.05, 3.63) is 29.8 Å². The first kappa shape index (κ1) is 31.5. The summed E-state index contributed by atoms with van der Waals surface area (Å²) >= 11 is 0. The lowest BCUT2D eigenvalue weighted by Crippen LogP contribution is -2.41. The van der Waals surface area contributed by atoms with Gasteiger partial charge in [-0.15, -0.1) is 0 Å². The quantitative estimate of drug-likeness (QED) is 0.154. The van der Waals surface area contributed by atoms with Crippen LogP contribution in [0.15, 0.2) is 29.2 Å². The summed E-state index contributed by atoms with van der Waals surface area (Å²) in [6.45, 7) is 1.39. The van der Waals surface area contributed by atoms with Crippen LogP contribution >= 0.6 is 0 Å². The molecule has 1 aromatic rings. The van der Waals surface area contributed by atoms with Crippen molar-refractivity contribution >= 4 is 27.7 Å². The lowest BCUT2D eigenvalue weighted by molar-refractivity contribution is -0.146. The summed E-state index contributed by atoms with van der Waals surface area (Å²) in [4.78, 5) is 34.4. The Morgan fingerprint density at radius 2 is 1.25 bits per heavy atom. The number of ether oxygens (including phenoxy) is 6. The van der Waals surface area contributed by atoms with Crippen LogP contribution in [0, 0.1) is 12.3 Å². The molecule has 0 spiro atoms. The van der Waals surface area contributed by atoms with E-state index < -0.39 is 33.2 Å². The van der Waals surface area contributed by atoms with E-state index in [4.69, 9.17) is 14.2 Å². The highest BCUT2D eigenvalue weighted by Gasteiger charge is 2.37. The van der Waals surface area contributed by atoms with Crippen molar-refractivity contribution in [2.24, 2.45) is 5.41 Å². The van der Waals surface area contributed by atoms with Crippen LogP contribution in [-0.2, 0) is 52.6 Å². The molecule has 0 unspecified atom stereocenters. The molecule has 12 heteroatoms. The molecular formula is C24H36O11S. The minimum Gasteiger partial charge on any atom is -0.469 e. The van der Waals surface area contributed by atoms with Gasteiger partial charge in [0.1, 0.15) is 6.61 Å². The van der Waals surface area contributed by atoms with Crippen LogP contribution in [0.1, 0.15) is 24.8 Å². The molecule has 0 heterocycles. The smallest absolute Gasteiger partial charge is 0.331 e. The second-order valence-electron chi connectivity index (χ2n) is 8.21. The third kappa shape index (κ3) is 11.9. The van der Waals surface area contributed by atoms with Gasteiger partial charge in [-0.2, -0.15) is 0 Å². The zero-order valence-electron chi connectivity index (χ0n) is 21.3. The third-order valence-corrected chi connectivity index (χ3v) is 7.26. The Kier molecular flexibility index (Phi) is 14.2. The van der Waals surface area contributed by atoms with Gasteiger partial charge in [0, 0.05) is 12.0 Å². The molecule has 0 bridgehead atoms. The number of rotatable bonds is 18. The van der Waals surface area contributed by atoms with E-state index in [1.807, 2.05) is 6.92 Å². The first-order chi connectivity index (χ1) is 17.1. The van der Waals surface area contributed by atoms with Gasteiger partial charge in [0.2, 0.25) is 0 Å². The van der Waals surface area contributed by atoms with Gasteiger partial charge < -0.3 is 28.4 Å². The Labute approximate surface area is 212 Å². The van der Waals surface area contributed by atoms with Crippen LogP contribution in [0.5, 0.6) is 0 Å². The van der Waals surface area contributed by atoms with Crippen molar-refractivity contribution in [2.75, 3.05) is 66.7 Å². The Morgan fingerprint density at radius 1 is 0.750 bits per heavy atom. The summed E-state index contributed by atoms with van der Waals surface area (Å²) < 4.78 is 57.2. The number of hydrogen-bond acceptors (Lipinski definition) is 11. The standard InChI is InChI=1S/C24H36O11S/c1-19-5-7-20(8-6-19)36(28,29)18-24(11-14-33-15-23(27)32-4,16-34-12-9-21(25)30-2)17-35-13-10-22(26)31-3/h5-8H,9-18H2,1-4H3. The lowest BCUT2D eigenvalue weighted by atomic mass is 9.88. The molecule has 11 nitrogen and oxygen atoms in total. The van der Waals surface area contributed by atoms with Gasteiger partial charge in [0.15, 0.2) is 9.84 Å². The minimum atomic E-state index is -3.80. The van der Waals surface area contributed by atoms with Crippen LogP contribution in [0.25, 0.3) is 0 Å². The molecule has 0 amide bonds. The van der Waals surface area contributed by atoms with E-state index in [1.165, 1.54) is 33.5 Å². The Morgan fingerprint density at radius 3 is 1.72 bits per heavy atom. The topological polar surface area (TPSA) is 141 Å². The largest absolute Gasteiger partial charge is 0.469 e. The molecule has 0 aliphatic rings. The van der Waals surface area contributed by atoms with E-state index in [2.05, 4.69) is 14.2 Å². The average molecular weight is 533 g/mol. The fraction of sp³-hybridized carbons (Fsp3) is 0.625. The van der Waals surface area contributed by atoms with Gasteiger partial charge in [-0.05, 0) is 25.5 Å². The van der Waals surface area contributed by atoms with Gasteiger partial charge in [0.25, 0.3) is 0 Å². The molecule has 1 rings (SSSR count). The fourth-order valence-electron chi connectivity index (χ4n) is 3.17. The maximum Gasteiger partial charge on any atom is 0.331 e. The molecule has 36 heavy (non-hydrogen) atoms. The van der Waals surface area contributed by atoms with E-state index in [9.17, 15) is 22.8 Å². The fourth-order valence-corrected chi connectivity index (χ4v) is 5.00. The van der Waals surface area contributed by atoms with E-state index in [-0.39, 0.29) is 69.6 Å². The number of aryl methyl sites for hydroxylation is 1. The first-order valence-corrected chi connectivity index (χ1v) is 13.0. The number of carbonyl (C=O) groups is 3. The highest BCUT2D eigenvalue weighted by Crippen LogP contribution is 2.29. The van der Waals surface area contributed by atoms with E-state index in [0.717, 1.165) is 5.56 Å². The molecule has 0 aliphatic carbocycles. The molecule has 0 atom stereocenters. The molecule has 0 aliphatic heterocycles. The minimum absolute atomic E-state index is 0.00415. The van der Waals surface area contributed by atoms with Crippen molar-refractivity contribution < 1.29 is 51.2 Å². The summed E-state index contributed by atoms with van der Waals surface area (Å²) in [5.74, 6) is -1.87. The molecule has 204 valence electrons. The third-order valence-electron chi connectivity index (χ3n) is 5.27. The second-order valence-corrected chi connectivity index (χ2v) is 10.2. The van der Waals surface area contributed by atoms with Crippen molar-refractivity contribution in [3.8, 4) is 0 Å². The van der Waals surface area contributed by atoms with Crippen LogP contribution in [0.3, 0.4) is 0 Å². The second kappa shape index (κ2) is 16.3. The molecular weight excluding hydrogens is 496 g/mol. The highest BCUT2D eigenvalue weighted by atomic mass is 32.2. The van der Waals surface area contributed by atoms with Crippen LogP contribution in [-0.4, -0.2) is 93.0 Å². The van der Waals surface area contributed by atoms with Gasteiger partial charge >= 0.3 is 17.9 Å². The van der Waals surface area contributed by atoms with Gasteiger partial charge in [-0.3, -0.25) is 9.59 Å². The molecule has 0 saturated carbocycles. The van der Waals surface area contributed by atoms with E-state index in [1.54, 1.807) is 12.1 Å². The maximum atomic E-state index is 13.3. The van der Waals surface area contributed by atoms with E-state index in [0.29, 0.717) is 0 Å². The summed E-state index contributed by atoms with van der Waals surface area (Å²) in [6.07, 6.45) is 0.115. The average Bonchev–Trinajstić information content (AvgIpc) is 2.86. The summed E-state index contributed by atoms with van der Waals surface area (Å²) in [5.41, 5.74) is -0.208. The van der Waals surface area contributed by atoms with Crippen LogP contribution in [0.2, 0.25) is 0 Å². The van der Waals surface area contributed by atoms with E-state index >= 15 is 0 Å². The predicted molar refractivity (Wildman–Crippen MR) is 128 cm³/mol. The summed E-state index contributed by atoms with van der Waals surface area (Å²) in [7, 11) is -0.0519. The lowest BCUT2D eigenvalue weighted by Gasteiger charge is -2.33. The van der Waals surface area contributed by atoms with Crippen molar-refractivity contribution in [3.63, 3.8) is 0 Å². The maximum absolute atomic E-state index is 13.3. The number of carbonyl (C=O) groups excluding carboxylic acids is 3. The number of hydrogen-bond donors (Lipinski definition) is 0. The van der Waals surface area contributed by atoms with Crippen molar-refractivity contribution in [1.29, 1.82) is 0 Å². The van der Waals surface area contributed by atoms with Gasteiger partial charge in [0.05, 0.1) is 71.2 Å². The van der Waals surface area contributed by atoms with Crippen LogP contribution < -0.4 is 0 Å². The normalized spacial score (nSPS) is 11.7. The number of methoxy groups -OCH3 is 3. The zero-order valence-corrected chi connectivity index (χ0v) is 22.1. The van der Waals surface area contributed by atoms with Crippen LogP contribution in [0.4, 0.5) is 0 Å². The summed E-state index contributed by atoms with van der Waals surface area (Å²) in [5, 5.41) is 0. The first-order valence-electron chi connectivity index (χ1n) is 11.3. The molecule has 0 fully saturated rings. The predicted octanol–water partition coefficient (Wildman–Crippen LogP) is 1.49. The SMILES string of the molecule is COC(=O)CCOCC(CCOCC(=O)OC)(COCCC(=O)OC)CS(=O)(=O)c1ccc(C)cc1. The highest BCUT2D eigenvalue weighted by molar-refractivity contribution is 7.91.